The third-order valence-electron chi connectivity index (χ3n) is 4.67. The molecule has 190 valence electrons. The van der Waals surface area contributed by atoms with E-state index in [0.29, 0.717) is 26.0 Å². The first-order valence-corrected chi connectivity index (χ1v) is 11.2. The number of piperidine rings is 1. The van der Waals surface area contributed by atoms with Gasteiger partial charge in [0.2, 0.25) is 12.3 Å². The van der Waals surface area contributed by atoms with E-state index in [0.717, 1.165) is 31.5 Å². The van der Waals surface area contributed by atoms with Gasteiger partial charge in [-0.1, -0.05) is 31.4 Å². The van der Waals surface area contributed by atoms with Gasteiger partial charge in [0.25, 0.3) is 0 Å². The van der Waals surface area contributed by atoms with Crippen LogP contribution >= 0.6 is 0 Å². The van der Waals surface area contributed by atoms with Crippen molar-refractivity contribution in [2.24, 2.45) is 0 Å². The minimum atomic E-state index is -0.532. The van der Waals surface area contributed by atoms with Crippen LogP contribution in [0.5, 0.6) is 0 Å². The Labute approximate surface area is 201 Å². The number of hydroxylamine groups is 2. The molecule has 0 aliphatic carbocycles. The fraction of sp³-hybridized carbons (Fsp3) is 0.565. The summed E-state index contributed by atoms with van der Waals surface area (Å²) in [6.45, 7) is 15.0. The summed E-state index contributed by atoms with van der Waals surface area (Å²) >= 11 is 0. The van der Waals surface area contributed by atoms with E-state index in [1.54, 1.807) is 32.9 Å². The zero-order valence-electron chi connectivity index (χ0n) is 20.3. The number of hydrogen-bond donors (Lipinski definition) is 3. The van der Waals surface area contributed by atoms with Gasteiger partial charge in [-0.05, 0) is 45.6 Å². The summed E-state index contributed by atoms with van der Waals surface area (Å²) < 4.78 is 5.00. The average molecular weight is 480 g/mol. The van der Waals surface area contributed by atoms with E-state index in [1.165, 1.54) is 5.06 Å². The molecule has 0 spiro atoms. The lowest BCUT2D eigenvalue weighted by Crippen LogP contribution is -2.37. The number of carbonyl (C=O) groups excluding carboxylic acids is 4. The quantitative estimate of drug-likeness (QED) is 0.180. The van der Waals surface area contributed by atoms with E-state index in [-0.39, 0.29) is 24.4 Å². The molecule has 3 N–H and O–H groups in total. The molecule has 2 saturated heterocycles. The third kappa shape index (κ3) is 11.0. The summed E-state index contributed by atoms with van der Waals surface area (Å²) in [7, 11) is 0. The van der Waals surface area contributed by atoms with Gasteiger partial charge in [-0.15, -0.1) is 0 Å². The molecule has 5 amide bonds. The Balaban J connectivity index is 0.000000340. The van der Waals surface area contributed by atoms with Crippen molar-refractivity contribution in [3.05, 3.63) is 37.0 Å². The van der Waals surface area contributed by atoms with Crippen molar-refractivity contribution in [2.75, 3.05) is 26.2 Å². The second-order valence-electron chi connectivity index (χ2n) is 8.65. The predicted molar refractivity (Wildman–Crippen MR) is 127 cm³/mol. The van der Waals surface area contributed by atoms with Crippen molar-refractivity contribution >= 4 is 24.4 Å². The molecule has 11 nitrogen and oxygen atoms in total. The van der Waals surface area contributed by atoms with E-state index in [1.807, 2.05) is 16.4 Å². The van der Waals surface area contributed by atoms with Gasteiger partial charge in [0, 0.05) is 26.1 Å². The molecular weight excluding hydrogens is 442 g/mol. The Kier molecular flexibility index (Phi) is 12.4. The Morgan fingerprint density at radius 3 is 2.59 bits per heavy atom. The van der Waals surface area contributed by atoms with Gasteiger partial charge in [-0.3, -0.25) is 25.3 Å². The minimum Gasteiger partial charge on any atom is -0.444 e. The third-order valence-corrected chi connectivity index (χ3v) is 4.67. The average Bonchev–Trinajstić information content (AvgIpc) is 2.99. The van der Waals surface area contributed by atoms with E-state index in [4.69, 9.17) is 9.57 Å². The van der Waals surface area contributed by atoms with Crippen LogP contribution in [0.2, 0.25) is 0 Å². The highest BCUT2D eigenvalue weighted by Gasteiger charge is 2.40. The van der Waals surface area contributed by atoms with Crippen molar-refractivity contribution < 1.29 is 28.8 Å². The maximum Gasteiger partial charge on any atom is 0.407 e. The number of carbonyl (C=O) groups is 4. The molecule has 0 aromatic carbocycles. The number of rotatable bonds is 11. The van der Waals surface area contributed by atoms with Gasteiger partial charge >= 0.3 is 12.1 Å². The summed E-state index contributed by atoms with van der Waals surface area (Å²) in [6.07, 6.45) is 7.86. The molecule has 2 rings (SSSR count). The van der Waals surface area contributed by atoms with E-state index >= 15 is 0 Å². The monoisotopic (exact) mass is 479 g/mol. The maximum atomic E-state index is 11.9. The van der Waals surface area contributed by atoms with Crippen molar-refractivity contribution in [3.63, 3.8) is 0 Å². The summed E-state index contributed by atoms with van der Waals surface area (Å²) in [5.74, 6) is -0.317. The number of hydrazine groups is 1. The summed E-state index contributed by atoms with van der Waals surface area (Å²) in [5.41, 5.74) is 4.58. The fourth-order valence-electron chi connectivity index (χ4n) is 3.17. The van der Waals surface area contributed by atoms with Crippen LogP contribution in [-0.4, -0.2) is 72.3 Å². The highest BCUT2D eigenvalue weighted by atomic mass is 16.7. The Morgan fingerprint density at radius 1 is 1.26 bits per heavy atom. The largest absolute Gasteiger partial charge is 0.444 e. The van der Waals surface area contributed by atoms with Crippen LogP contribution in [0.1, 0.15) is 46.5 Å². The van der Waals surface area contributed by atoms with E-state index < -0.39 is 11.7 Å². The maximum absolute atomic E-state index is 11.9. The molecule has 0 unspecified atom stereocenters. The Hall–Kier alpha value is -3.34. The molecule has 0 aromatic heterocycles. The molecular formula is C23H37N5O6. The van der Waals surface area contributed by atoms with Crippen LogP contribution in [0, 0.1) is 0 Å². The number of nitrogens with one attached hydrogen (secondary N) is 3. The number of allylic oxidation sites excluding steroid dienone is 2. The van der Waals surface area contributed by atoms with Crippen LogP contribution < -0.4 is 16.2 Å². The lowest BCUT2D eigenvalue weighted by atomic mass is 10.1. The molecule has 2 aliphatic rings. The van der Waals surface area contributed by atoms with Crippen molar-refractivity contribution in [1.82, 2.24) is 26.1 Å². The van der Waals surface area contributed by atoms with Crippen molar-refractivity contribution in [1.29, 1.82) is 0 Å². The minimum absolute atomic E-state index is 0.00508. The number of nitrogens with zero attached hydrogens (tertiary/aromatic N) is 2. The molecule has 2 bridgehead atoms. The number of amides is 5. The highest BCUT2D eigenvalue weighted by molar-refractivity contribution is 5.77. The summed E-state index contributed by atoms with van der Waals surface area (Å²) in [4.78, 5) is 51.4. The van der Waals surface area contributed by atoms with Crippen molar-refractivity contribution in [3.8, 4) is 0 Å². The molecule has 34 heavy (non-hydrogen) atoms. The second kappa shape index (κ2) is 14.7. The van der Waals surface area contributed by atoms with Gasteiger partial charge in [0.1, 0.15) is 12.2 Å². The zero-order valence-corrected chi connectivity index (χ0v) is 20.3. The number of urea groups is 1. The molecule has 0 saturated carbocycles. The fourth-order valence-corrected chi connectivity index (χ4v) is 3.17. The Bertz CT molecular complexity index is 761. The lowest BCUT2D eigenvalue weighted by Gasteiger charge is -2.22. The van der Waals surface area contributed by atoms with E-state index in [9.17, 15) is 19.2 Å². The highest BCUT2D eigenvalue weighted by Crippen LogP contribution is 2.25. The second-order valence-corrected chi connectivity index (χ2v) is 8.65. The number of fused-ring (bicyclic) bond motifs is 2. The van der Waals surface area contributed by atoms with Gasteiger partial charge in [0.15, 0.2) is 0 Å². The molecule has 0 radical (unpaired) electrons. The number of hydrogen-bond acceptors (Lipinski definition) is 6. The molecule has 2 fully saturated rings. The summed E-state index contributed by atoms with van der Waals surface area (Å²) in [6, 6.07) is 0.209. The number of ether oxygens (including phenoxy) is 1. The van der Waals surface area contributed by atoms with Crippen LogP contribution in [0.15, 0.2) is 37.0 Å². The van der Waals surface area contributed by atoms with Crippen LogP contribution in [0.4, 0.5) is 9.59 Å². The molecule has 0 aromatic rings. The lowest BCUT2D eigenvalue weighted by molar-refractivity contribution is -0.124. The normalized spacial score (nSPS) is 17.2. The van der Waals surface area contributed by atoms with Gasteiger partial charge in [0.05, 0.1) is 6.04 Å². The SMILES string of the molecule is C=C/C=C(\C=C)CON1C(=O)N2CCC[C@@H]1C2.CC(C)(C)OC(=O)NCCCC(=O)NNC=O. The van der Waals surface area contributed by atoms with Crippen molar-refractivity contribution in [2.45, 2.75) is 58.1 Å². The van der Waals surface area contributed by atoms with Crippen LogP contribution in [0.3, 0.4) is 0 Å². The van der Waals surface area contributed by atoms with Gasteiger partial charge in [-0.2, -0.15) is 5.06 Å². The molecule has 2 heterocycles. The predicted octanol–water partition coefficient (Wildman–Crippen LogP) is 2.18. The number of alkyl carbamates (subject to hydrolysis) is 1. The first-order valence-electron chi connectivity index (χ1n) is 11.2. The molecule has 11 heteroatoms. The first kappa shape index (κ1) is 28.7. The summed E-state index contributed by atoms with van der Waals surface area (Å²) in [5, 5.41) is 4.04. The zero-order chi connectivity index (χ0) is 25.6. The van der Waals surface area contributed by atoms with E-state index in [2.05, 4.69) is 23.9 Å². The first-order chi connectivity index (χ1) is 16.1. The smallest absolute Gasteiger partial charge is 0.407 e. The topological polar surface area (TPSA) is 129 Å². The standard InChI is InChI=1S/C13H18N2O2.C10H19N3O4/c1-3-6-11(4-2)10-17-15-12-7-5-8-14(9-12)13(15)16;1-10(2,3)17-9(16)11-6-4-5-8(15)13-12-7-14/h3-4,6,12H,1-2,5,7-10H2;7H,4-6H2,1-3H3,(H,11,16)(H,12,14)(H,13,15)/b11-6+;/t12-;/m1./s1. The van der Waals surface area contributed by atoms with Gasteiger partial charge in [-0.25, -0.2) is 9.59 Å². The van der Waals surface area contributed by atoms with Crippen LogP contribution in [-0.2, 0) is 19.2 Å². The molecule has 1 atom stereocenters. The molecule has 2 aliphatic heterocycles. The Morgan fingerprint density at radius 2 is 2.00 bits per heavy atom. The van der Waals surface area contributed by atoms with Gasteiger partial charge < -0.3 is 15.0 Å². The van der Waals surface area contributed by atoms with Crippen LogP contribution in [0.25, 0.3) is 0 Å².